The van der Waals surface area contributed by atoms with Crippen molar-refractivity contribution in [2.45, 2.75) is 31.1 Å². The van der Waals surface area contributed by atoms with Crippen LogP contribution in [0.5, 0.6) is 17.2 Å². The maximum atomic E-state index is 13.7. The average molecular weight is 513 g/mol. The summed E-state index contributed by atoms with van der Waals surface area (Å²) in [6.45, 7) is 1.71. The minimum atomic E-state index is -4.14. The molecule has 3 aromatic rings. The van der Waals surface area contributed by atoms with E-state index in [1.807, 2.05) is 24.3 Å². The number of hydrogen-bond donors (Lipinski definition) is 1. The SMILES string of the molecule is CCCCc1ccc(NC(=O)CN(c2ccc(OC)cc2)S(=O)(=O)c2ccc(OC)c(OC)c2)cc1. The van der Waals surface area contributed by atoms with Crippen molar-refractivity contribution in [3.05, 3.63) is 72.3 Å². The van der Waals surface area contributed by atoms with Crippen LogP contribution in [0.4, 0.5) is 11.4 Å². The first-order valence-corrected chi connectivity index (χ1v) is 13.0. The Hall–Kier alpha value is -3.72. The van der Waals surface area contributed by atoms with E-state index < -0.39 is 22.5 Å². The number of amides is 1. The summed E-state index contributed by atoms with van der Waals surface area (Å²) in [5, 5.41) is 2.80. The third-order valence-electron chi connectivity index (χ3n) is 5.65. The molecule has 1 amide bonds. The zero-order valence-electron chi connectivity index (χ0n) is 21.0. The van der Waals surface area contributed by atoms with Gasteiger partial charge in [-0.2, -0.15) is 0 Å². The first kappa shape index (κ1) is 26.9. The lowest BCUT2D eigenvalue weighted by Gasteiger charge is -2.24. The van der Waals surface area contributed by atoms with Crippen molar-refractivity contribution in [1.29, 1.82) is 0 Å². The first-order chi connectivity index (χ1) is 17.3. The molecule has 0 aromatic heterocycles. The monoisotopic (exact) mass is 512 g/mol. The van der Waals surface area contributed by atoms with Gasteiger partial charge in [0.15, 0.2) is 11.5 Å². The van der Waals surface area contributed by atoms with Crippen LogP contribution >= 0.6 is 0 Å². The van der Waals surface area contributed by atoms with Crippen LogP contribution in [0.3, 0.4) is 0 Å². The van der Waals surface area contributed by atoms with Crippen molar-refractivity contribution >= 4 is 27.3 Å². The molecule has 0 unspecified atom stereocenters. The van der Waals surface area contributed by atoms with Crippen molar-refractivity contribution in [3.63, 3.8) is 0 Å². The highest BCUT2D eigenvalue weighted by Crippen LogP contribution is 2.32. The van der Waals surface area contributed by atoms with E-state index >= 15 is 0 Å². The Morgan fingerprint density at radius 1 is 0.861 bits per heavy atom. The van der Waals surface area contributed by atoms with Gasteiger partial charge in [0.25, 0.3) is 10.0 Å². The Morgan fingerprint density at radius 3 is 2.11 bits per heavy atom. The maximum absolute atomic E-state index is 13.7. The molecule has 1 N–H and O–H groups in total. The predicted octanol–water partition coefficient (Wildman–Crippen LogP) is 4.89. The summed E-state index contributed by atoms with van der Waals surface area (Å²) in [5.41, 5.74) is 2.10. The molecular weight excluding hydrogens is 480 g/mol. The molecule has 0 saturated carbocycles. The highest BCUT2D eigenvalue weighted by atomic mass is 32.2. The number of carbonyl (C=O) groups excluding carboxylic acids is 1. The lowest BCUT2D eigenvalue weighted by molar-refractivity contribution is -0.114. The van der Waals surface area contributed by atoms with Crippen molar-refractivity contribution in [1.82, 2.24) is 0 Å². The van der Waals surface area contributed by atoms with Crippen LogP contribution in [0.2, 0.25) is 0 Å². The van der Waals surface area contributed by atoms with E-state index in [2.05, 4.69) is 12.2 Å². The number of nitrogens with zero attached hydrogens (tertiary/aromatic N) is 1. The number of benzene rings is 3. The normalized spacial score (nSPS) is 11.0. The van der Waals surface area contributed by atoms with E-state index in [1.54, 1.807) is 24.3 Å². The van der Waals surface area contributed by atoms with Crippen LogP contribution in [0.15, 0.2) is 71.6 Å². The molecule has 0 aliphatic rings. The van der Waals surface area contributed by atoms with E-state index in [0.717, 1.165) is 23.6 Å². The van der Waals surface area contributed by atoms with E-state index in [9.17, 15) is 13.2 Å². The Balaban J connectivity index is 1.90. The standard InChI is InChI=1S/C27H32N2O6S/c1-5-6-7-20-8-10-21(11-9-20)28-27(30)19-29(22-12-14-23(33-2)15-13-22)36(31,32)24-16-17-25(34-3)26(18-24)35-4/h8-18H,5-7,19H2,1-4H3,(H,28,30). The number of aryl methyl sites for hydroxylation is 1. The molecule has 3 aromatic carbocycles. The number of unbranched alkanes of at least 4 members (excludes halogenated alkanes) is 1. The second-order valence-corrected chi connectivity index (χ2v) is 9.94. The smallest absolute Gasteiger partial charge is 0.264 e. The van der Waals surface area contributed by atoms with Crippen molar-refractivity contribution < 1.29 is 27.4 Å². The zero-order chi connectivity index (χ0) is 26.1. The molecule has 36 heavy (non-hydrogen) atoms. The third-order valence-corrected chi connectivity index (χ3v) is 7.42. The number of sulfonamides is 1. The lowest BCUT2D eigenvalue weighted by atomic mass is 10.1. The largest absolute Gasteiger partial charge is 0.497 e. The highest BCUT2D eigenvalue weighted by Gasteiger charge is 2.28. The molecule has 8 nitrogen and oxygen atoms in total. The number of anilines is 2. The summed E-state index contributed by atoms with van der Waals surface area (Å²) in [6.07, 6.45) is 3.17. The van der Waals surface area contributed by atoms with E-state index in [4.69, 9.17) is 14.2 Å². The van der Waals surface area contributed by atoms with Gasteiger partial charge in [0.2, 0.25) is 5.91 Å². The molecule has 0 bridgehead atoms. The van der Waals surface area contributed by atoms with Gasteiger partial charge >= 0.3 is 0 Å². The lowest BCUT2D eigenvalue weighted by Crippen LogP contribution is -2.38. The zero-order valence-corrected chi connectivity index (χ0v) is 21.8. The van der Waals surface area contributed by atoms with Gasteiger partial charge in [-0.15, -0.1) is 0 Å². The Kier molecular flexibility index (Phi) is 9.19. The fraction of sp³-hybridized carbons (Fsp3) is 0.296. The van der Waals surface area contributed by atoms with Crippen LogP contribution in [0, 0.1) is 0 Å². The van der Waals surface area contributed by atoms with Gasteiger partial charge < -0.3 is 19.5 Å². The molecule has 0 heterocycles. The second-order valence-electron chi connectivity index (χ2n) is 8.08. The summed E-state index contributed by atoms with van der Waals surface area (Å²) >= 11 is 0. The molecule has 0 fully saturated rings. The van der Waals surface area contributed by atoms with Crippen LogP contribution in [0.25, 0.3) is 0 Å². The van der Waals surface area contributed by atoms with Gasteiger partial charge in [-0.3, -0.25) is 9.10 Å². The van der Waals surface area contributed by atoms with E-state index in [-0.39, 0.29) is 10.6 Å². The van der Waals surface area contributed by atoms with Gasteiger partial charge in [-0.1, -0.05) is 25.5 Å². The van der Waals surface area contributed by atoms with Crippen molar-refractivity contribution in [3.8, 4) is 17.2 Å². The number of ether oxygens (including phenoxy) is 3. The predicted molar refractivity (Wildman–Crippen MR) is 141 cm³/mol. The topological polar surface area (TPSA) is 94.2 Å². The Labute approximate surface area is 212 Å². The molecule has 0 saturated heterocycles. The molecular formula is C27H32N2O6S. The molecule has 192 valence electrons. The van der Waals surface area contributed by atoms with Gasteiger partial charge in [-0.25, -0.2) is 8.42 Å². The quantitative estimate of drug-likeness (QED) is 0.371. The first-order valence-electron chi connectivity index (χ1n) is 11.6. The van der Waals surface area contributed by atoms with Crippen molar-refractivity contribution in [2.24, 2.45) is 0 Å². The summed E-state index contributed by atoms with van der Waals surface area (Å²) in [7, 11) is 0.278. The summed E-state index contributed by atoms with van der Waals surface area (Å²) < 4.78 is 44.2. The summed E-state index contributed by atoms with van der Waals surface area (Å²) in [4.78, 5) is 13.0. The number of methoxy groups -OCH3 is 3. The Bertz CT molecular complexity index is 1260. The Morgan fingerprint density at radius 2 is 1.53 bits per heavy atom. The number of rotatable bonds is 12. The van der Waals surface area contributed by atoms with Gasteiger partial charge in [0.1, 0.15) is 12.3 Å². The molecule has 0 radical (unpaired) electrons. The molecule has 3 rings (SSSR count). The molecule has 0 aliphatic heterocycles. The van der Waals surface area contributed by atoms with Crippen LogP contribution in [0.1, 0.15) is 25.3 Å². The highest BCUT2D eigenvalue weighted by molar-refractivity contribution is 7.92. The minimum absolute atomic E-state index is 0.0379. The average Bonchev–Trinajstić information content (AvgIpc) is 2.90. The minimum Gasteiger partial charge on any atom is -0.497 e. The van der Waals surface area contributed by atoms with Crippen LogP contribution < -0.4 is 23.8 Å². The molecule has 0 aliphatic carbocycles. The van der Waals surface area contributed by atoms with E-state index in [1.165, 1.54) is 45.1 Å². The van der Waals surface area contributed by atoms with Gasteiger partial charge in [0.05, 0.1) is 31.9 Å². The van der Waals surface area contributed by atoms with Gasteiger partial charge in [-0.05, 0) is 66.9 Å². The van der Waals surface area contributed by atoms with Gasteiger partial charge in [0, 0.05) is 11.8 Å². The summed E-state index contributed by atoms with van der Waals surface area (Å²) in [6, 6.07) is 18.3. The van der Waals surface area contributed by atoms with Crippen LogP contribution in [-0.2, 0) is 21.2 Å². The van der Waals surface area contributed by atoms with Crippen molar-refractivity contribution in [2.75, 3.05) is 37.5 Å². The molecule has 9 heteroatoms. The number of carbonyl (C=O) groups is 1. The van der Waals surface area contributed by atoms with Crippen LogP contribution in [-0.4, -0.2) is 42.2 Å². The summed E-state index contributed by atoms with van der Waals surface area (Å²) in [5.74, 6) is 0.749. The number of nitrogens with one attached hydrogen (secondary N) is 1. The molecule has 0 spiro atoms. The maximum Gasteiger partial charge on any atom is 0.264 e. The molecule has 0 atom stereocenters. The third kappa shape index (κ3) is 6.48. The van der Waals surface area contributed by atoms with E-state index in [0.29, 0.717) is 22.9 Å². The number of hydrogen-bond acceptors (Lipinski definition) is 6. The fourth-order valence-electron chi connectivity index (χ4n) is 3.63. The second kappa shape index (κ2) is 12.3. The fourth-order valence-corrected chi connectivity index (χ4v) is 5.07.